The molecule has 3 aromatic rings. The highest BCUT2D eigenvalue weighted by atomic mass is 32.2. The molecule has 0 aliphatic carbocycles. The summed E-state index contributed by atoms with van der Waals surface area (Å²) in [6.07, 6.45) is 4.08. The first-order chi connectivity index (χ1) is 11.6. The second kappa shape index (κ2) is 6.81. The Labute approximate surface area is 141 Å². The summed E-state index contributed by atoms with van der Waals surface area (Å²) in [5.74, 6) is 0.524. The number of nitrogens with zero attached hydrogens (tertiary/aromatic N) is 2. The molecule has 1 aromatic carbocycles. The number of benzene rings is 1. The number of nitrogens with one attached hydrogen (secondary N) is 2. The summed E-state index contributed by atoms with van der Waals surface area (Å²) in [4.78, 5) is 19.4. The lowest BCUT2D eigenvalue weighted by molar-refractivity contribution is 0.251. The van der Waals surface area contributed by atoms with E-state index in [1.165, 1.54) is 48.6 Å². The van der Waals surface area contributed by atoms with Gasteiger partial charge in [-0.3, -0.25) is 4.98 Å². The summed E-state index contributed by atoms with van der Waals surface area (Å²) < 4.78 is 29.8. The van der Waals surface area contributed by atoms with Crippen molar-refractivity contribution < 1.29 is 17.6 Å². The van der Waals surface area contributed by atoms with E-state index in [4.69, 9.17) is 4.42 Å². The quantitative estimate of drug-likeness (QED) is 0.718. The summed E-state index contributed by atoms with van der Waals surface area (Å²) in [5, 5.41) is 5.19. The largest absolute Gasteiger partial charge is 0.447 e. The fourth-order valence-corrected chi connectivity index (χ4v) is 4.04. The molecule has 8 nitrogen and oxygen atoms in total. The molecule has 0 saturated heterocycles. The number of aromatic nitrogens is 2. The molecule has 0 saturated carbocycles. The van der Waals surface area contributed by atoms with Crippen LogP contribution in [0.3, 0.4) is 0 Å². The molecular weight excluding hydrogens is 352 g/mol. The highest BCUT2D eigenvalue weighted by Crippen LogP contribution is 2.24. The van der Waals surface area contributed by atoms with Crippen LogP contribution in [0, 0.1) is 0 Å². The van der Waals surface area contributed by atoms with Gasteiger partial charge in [0.05, 0.1) is 29.3 Å². The first kappa shape index (κ1) is 16.1. The molecule has 0 fully saturated rings. The van der Waals surface area contributed by atoms with Crippen molar-refractivity contribution in [3.63, 3.8) is 0 Å². The lowest BCUT2D eigenvalue weighted by Gasteiger charge is -2.07. The smallest absolute Gasteiger partial charge is 0.319 e. The molecule has 0 radical (unpaired) electrons. The Balaban J connectivity index is 1.63. The minimum Gasteiger partial charge on any atom is -0.447 e. The maximum atomic E-state index is 12.3. The summed E-state index contributed by atoms with van der Waals surface area (Å²) in [6, 6.07) is 5.45. The lowest BCUT2D eigenvalue weighted by atomic mass is 10.3. The molecule has 2 amide bonds. The van der Waals surface area contributed by atoms with E-state index in [1.807, 2.05) is 0 Å². The van der Waals surface area contributed by atoms with Gasteiger partial charge in [-0.15, -0.1) is 11.3 Å². The SMILES string of the molecule is O=C(NCc1cnco1)Nc1ccc(S(=O)(=O)c2cncs2)cc1. The van der Waals surface area contributed by atoms with Crippen LogP contribution in [-0.2, 0) is 16.4 Å². The number of thiazole rings is 1. The van der Waals surface area contributed by atoms with Crippen LogP contribution >= 0.6 is 11.3 Å². The lowest BCUT2D eigenvalue weighted by Crippen LogP contribution is -2.27. The second-order valence-corrected chi connectivity index (χ2v) is 7.69. The van der Waals surface area contributed by atoms with Gasteiger partial charge in [0.2, 0.25) is 9.84 Å². The average molecular weight is 364 g/mol. The van der Waals surface area contributed by atoms with Crippen LogP contribution in [0.4, 0.5) is 10.5 Å². The van der Waals surface area contributed by atoms with Crippen LogP contribution in [0.2, 0.25) is 0 Å². The number of carbonyl (C=O) groups excluding carboxylic acids is 1. The molecule has 3 rings (SSSR count). The van der Waals surface area contributed by atoms with Crippen molar-refractivity contribution in [3.05, 3.63) is 54.3 Å². The molecule has 124 valence electrons. The number of rotatable bonds is 5. The van der Waals surface area contributed by atoms with Crippen LogP contribution in [0.15, 0.2) is 62.1 Å². The van der Waals surface area contributed by atoms with E-state index >= 15 is 0 Å². The standard InChI is InChI=1S/C14H12N4O4S2/c19-14(17-6-11-5-15-8-22-11)18-10-1-3-12(4-2-10)24(20,21)13-7-16-9-23-13/h1-5,7-9H,6H2,(H2,17,18,19). The molecule has 2 aromatic heterocycles. The Bertz CT molecular complexity index is 904. The van der Waals surface area contributed by atoms with Crippen LogP contribution in [0.25, 0.3) is 0 Å². The zero-order valence-corrected chi connectivity index (χ0v) is 13.8. The maximum Gasteiger partial charge on any atom is 0.319 e. The zero-order chi connectivity index (χ0) is 17.0. The molecule has 0 aliphatic rings. The third-order valence-corrected chi connectivity index (χ3v) is 6.04. The highest BCUT2D eigenvalue weighted by Gasteiger charge is 2.19. The number of hydrogen-bond acceptors (Lipinski definition) is 7. The van der Waals surface area contributed by atoms with E-state index in [9.17, 15) is 13.2 Å². The van der Waals surface area contributed by atoms with Gasteiger partial charge < -0.3 is 15.1 Å². The maximum absolute atomic E-state index is 12.3. The van der Waals surface area contributed by atoms with Crippen molar-refractivity contribution >= 4 is 32.9 Å². The van der Waals surface area contributed by atoms with E-state index < -0.39 is 15.9 Å². The van der Waals surface area contributed by atoms with E-state index in [2.05, 4.69) is 20.6 Å². The fourth-order valence-electron chi connectivity index (χ4n) is 1.84. The van der Waals surface area contributed by atoms with Crippen molar-refractivity contribution in [1.29, 1.82) is 0 Å². The van der Waals surface area contributed by atoms with Crippen molar-refractivity contribution in [3.8, 4) is 0 Å². The minimum absolute atomic E-state index is 0.138. The molecule has 0 atom stereocenters. The van der Waals surface area contributed by atoms with Crippen molar-refractivity contribution in [2.45, 2.75) is 15.6 Å². The number of amides is 2. The Morgan fingerprint density at radius 2 is 1.96 bits per heavy atom. The zero-order valence-electron chi connectivity index (χ0n) is 12.2. The predicted octanol–water partition coefficient (Wildman–Crippen LogP) is 2.29. The third kappa shape index (κ3) is 3.60. The normalized spacial score (nSPS) is 11.2. The minimum atomic E-state index is -3.57. The third-order valence-electron chi connectivity index (χ3n) is 3.00. The number of sulfone groups is 1. The Morgan fingerprint density at radius 3 is 2.58 bits per heavy atom. The summed E-state index contributed by atoms with van der Waals surface area (Å²) >= 11 is 1.05. The summed E-state index contributed by atoms with van der Waals surface area (Å²) in [5.41, 5.74) is 1.93. The van der Waals surface area contributed by atoms with Gasteiger partial charge in [-0.2, -0.15) is 0 Å². The molecular formula is C14H12N4O4S2. The van der Waals surface area contributed by atoms with E-state index in [-0.39, 0.29) is 15.6 Å². The molecule has 0 bridgehead atoms. The second-order valence-electron chi connectivity index (χ2n) is 4.62. The van der Waals surface area contributed by atoms with E-state index in [1.54, 1.807) is 0 Å². The first-order valence-electron chi connectivity index (χ1n) is 6.71. The van der Waals surface area contributed by atoms with Gasteiger partial charge in [0.25, 0.3) is 0 Å². The van der Waals surface area contributed by atoms with Crippen molar-refractivity contribution in [2.75, 3.05) is 5.32 Å². The van der Waals surface area contributed by atoms with Gasteiger partial charge in [0.15, 0.2) is 6.39 Å². The first-order valence-corrected chi connectivity index (χ1v) is 9.08. The van der Waals surface area contributed by atoms with Crippen LogP contribution < -0.4 is 10.6 Å². The molecule has 0 spiro atoms. The Hall–Kier alpha value is -2.72. The Morgan fingerprint density at radius 1 is 1.17 bits per heavy atom. The average Bonchev–Trinajstić information content (AvgIpc) is 3.27. The number of anilines is 1. The predicted molar refractivity (Wildman–Crippen MR) is 86.4 cm³/mol. The molecule has 10 heteroatoms. The Kier molecular flexibility index (Phi) is 4.58. The van der Waals surface area contributed by atoms with Gasteiger partial charge in [-0.25, -0.2) is 18.2 Å². The van der Waals surface area contributed by atoms with E-state index in [0.29, 0.717) is 11.4 Å². The number of oxazole rings is 1. The molecule has 2 heterocycles. The van der Waals surface area contributed by atoms with Crippen LogP contribution in [0.5, 0.6) is 0 Å². The van der Waals surface area contributed by atoms with E-state index in [0.717, 1.165) is 11.3 Å². The fraction of sp³-hybridized carbons (Fsp3) is 0.0714. The number of hydrogen-bond donors (Lipinski definition) is 2. The van der Waals surface area contributed by atoms with Crippen LogP contribution in [0.1, 0.15) is 5.76 Å². The summed E-state index contributed by atoms with van der Waals surface area (Å²) in [6.45, 7) is 0.198. The van der Waals surface area contributed by atoms with Gasteiger partial charge in [-0.1, -0.05) is 0 Å². The van der Waals surface area contributed by atoms with Crippen molar-refractivity contribution in [1.82, 2.24) is 15.3 Å². The summed E-state index contributed by atoms with van der Waals surface area (Å²) in [7, 11) is -3.57. The number of urea groups is 1. The van der Waals surface area contributed by atoms with Crippen LogP contribution in [-0.4, -0.2) is 24.4 Å². The number of carbonyl (C=O) groups is 1. The molecule has 0 aliphatic heterocycles. The monoisotopic (exact) mass is 364 g/mol. The topological polar surface area (TPSA) is 114 Å². The van der Waals surface area contributed by atoms with Gasteiger partial charge in [0, 0.05) is 5.69 Å². The molecule has 2 N–H and O–H groups in total. The van der Waals surface area contributed by atoms with Gasteiger partial charge in [-0.05, 0) is 24.3 Å². The van der Waals surface area contributed by atoms with Crippen molar-refractivity contribution in [2.24, 2.45) is 0 Å². The molecule has 24 heavy (non-hydrogen) atoms. The van der Waals surface area contributed by atoms with Gasteiger partial charge >= 0.3 is 6.03 Å². The molecule has 0 unspecified atom stereocenters. The highest BCUT2D eigenvalue weighted by molar-refractivity contribution is 7.93. The van der Waals surface area contributed by atoms with Gasteiger partial charge in [0.1, 0.15) is 9.97 Å².